The van der Waals surface area contributed by atoms with Crippen molar-refractivity contribution in [2.45, 2.75) is 18.0 Å². The van der Waals surface area contributed by atoms with Crippen LogP contribution in [0.15, 0.2) is 35.4 Å². The van der Waals surface area contributed by atoms with Crippen LogP contribution in [-0.2, 0) is 13.1 Å². The number of hydrogen-bond acceptors (Lipinski definition) is 5. The van der Waals surface area contributed by atoms with Crippen LogP contribution in [-0.4, -0.2) is 27.0 Å². The van der Waals surface area contributed by atoms with Gasteiger partial charge in [0.2, 0.25) is 5.95 Å². The van der Waals surface area contributed by atoms with Crippen LogP contribution in [0.2, 0.25) is 0 Å². The van der Waals surface area contributed by atoms with Gasteiger partial charge >= 0.3 is 0 Å². The first-order valence-electron chi connectivity index (χ1n) is 6.21. The minimum Gasteiger partial charge on any atom is -0.368 e. The number of carbonyl (C=O) groups is 1. The number of nitrogens with two attached hydrogens (primary N) is 1. The molecule has 1 aliphatic rings. The van der Waals surface area contributed by atoms with Gasteiger partial charge in [-0.25, -0.2) is 9.97 Å². The number of carbonyl (C=O) groups excluding carboxylic acids is 1. The van der Waals surface area contributed by atoms with Crippen molar-refractivity contribution >= 4 is 23.6 Å². The van der Waals surface area contributed by atoms with Crippen LogP contribution in [0.1, 0.15) is 21.6 Å². The van der Waals surface area contributed by atoms with Crippen LogP contribution < -0.4 is 5.73 Å². The molecular formula is C14H14N4OS. The zero-order valence-corrected chi connectivity index (χ0v) is 11.9. The molecule has 0 radical (unpaired) electrons. The molecule has 2 N–H and O–H groups in total. The Hall–Kier alpha value is -2.08. The summed E-state index contributed by atoms with van der Waals surface area (Å²) in [7, 11) is 0. The number of fused-ring (bicyclic) bond motifs is 1. The first-order chi connectivity index (χ1) is 9.67. The summed E-state index contributed by atoms with van der Waals surface area (Å²) >= 11 is 1.66. The Bertz CT molecular complexity index is 657. The molecule has 1 aromatic heterocycles. The summed E-state index contributed by atoms with van der Waals surface area (Å²) in [6.45, 7) is 1.03. The Morgan fingerprint density at radius 2 is 2.05 bits per heavy atom. The van der Waals surface area contributed by atoms with Crippen molar-refractivity contribution in [1.29, 1.82) is 0 Å². The topological polar surface area (TPSA) is 72.1 Å². The summed E-state index contributed by atoms with van der Waals surface area (Å²) in [6.07, 6.45) is 3.71. The third-order valence-electron chi connectivity index (χ3n) is 3.30. The molecule has 0 bridgehead atoms. The van der Waals surface area contributed by atoms with Crippen molar-refractivity contribution in [2.75, 3.05) is 12.0 Å². The number of aromatic nitrogens is 2. The first-order valence-corrected chi connectivity index (χ1v) is 7.43. The van der Waals surface area contributed by atoms with Gasteiger partial charge in [-0.2, -0.15) is 0 Å². The number of nitrogens with zero attached hydrogens (tertiary/aromatic N) is 3. The van der Waals surface area contributed by atoms with E-state index in [1.807, 2.05) is 30.5 Å². The van der Waals surface area contributed by atoms with Gasteiger partial charge in [-0.05, 0) is 30.5 Å². The number of anilines is 1. The number of hydrogen-bond donors (Lipinski definition) is 1. The Morgan fingerprint density at radius 3 is 2.75 bits per heavy atom. The molecule has 102 valence electrons. The predicted octanol–water partition coefficient (Wildman–Crippen LogP) is 1.94. The van der Waals surface area contributed by atoms with Gasteiger partial charge in [0, 0.05) is 28.8 Å². The largest absolute Gasteiger partial charge is 0.368 e. The average Bonchev–Trinajstić information content (AvgIpc) is 2.89. The fraction of sp³-hybridized carbons (Fsp3) is 0.214. The van der Waals surface area contributed by atoms with Crippen LogP contribution in [0.5, 0.6) is 0 Å². The standard InChI is InChI=1S/C14H14N4OS/c1-20-11-4-2-9(3-5-11)13(19)18-7-10-6-16-14(15)17-12(10)8-18/h2-6H,7-8H2,1H3,(H2,15,16,17). The minimum absolute atomic E-state index is 0.00854. The molecular weight excluding hydrogens is 272 g/mol. The summed E-state index contributed by atoms with van der Waals surface area (Å²) in [5, 5.41) is 0. The van der Waals surface area contributed by atoms with E-state index in [2.05, 4.69) is 9.97 Å². The number of benzene rings is 1. The van der Waals surface area contributed by atoms with Crippen molar-refractivity contribution in [3.63, 3.8) is 0 Å². The zero-order valence-electron chi connectivity index (χ0n) is 11.0. The molecule has 0 unspecified atom stereocenters. The fourth-order valence-electron chi connectivity index (χ4n) is 2.23. The van der Waals surface area contributed by atoms with Crippen LogP contribution in [0, 0.1) is 0 Å². The average molecular weight is 286 g/mol. The molecule has 2 heterocycles. The van der Waals surface area contributed by atoms with Crippen molar-refractivity contribution < 1.29 is 4.79 Å². The Labute approximate surface area is 121 Å². The summed E-state index contributed by atoms with van der Waals surface area (Å²) in [5.41, 5.74) is 8.06. The molecule has 0 atom stereocenters. The summed E-state index contributed by atoms with van der Waals surface area (Å²) in [4.78, 5) is 23.5. The second-order valence-electron chi connectivity index (χ2n) is 4.59. The molecule has 0 aliphatic carbocycles. The molecule has 3 rings (SSSR count). The summed E-state index contributed by atoms with van der Waals surface area (Å²) < 4.78 is 0. The van der Waals surface area contributed by atoms with E-state index in [0.717, 1.165) is 16.2 Å². The van der Waals surface area contributed by atoms with Crippen LogP contribution in [0.3, 0.4) is 0 Å². The van der Waals surface area contributed by atoms with Crippen LogP contribution in [0.25, 0.3) is 0 Å². The number of nitrogen functional groups attached to an aromatic ring is 1. The minimum atomic E-state index is 0.00854. The van der Waals surface area contributed by atoms with E-state index < -0.39 is 0 Å². The SMILES string of the molecule is CSc1ccc(C(=O)N2Cc3cnc(N)nc3C2)cc1. The fourth-order valence-corrected chi connectivity index (χ4v) is 2.64. The molecule has 0 fully saturated rings. The zero-order chi connectivity index (χ0) is 14.1. The van der Waals surface area contributed by atoms with Crippen molar-refractivity contribution in [3.8, 4) is 0 Å². The summed E-state index contributed by atoms with van der Waals surface area (Å²) in [5.74, 6) is 0.261. The highest BCUT2D eigenvalue weighted by Gasteiger charge is 2.25. The number of thioether (sulfide) groups is 1. The molecule has 0 saturated heterocycles. The second-order valence-corrected chi connectivity index (χ2v) is 5.47. The number of amides is 1. The lowest BCUT2D eigenvalue weighted by atomic mass is 10.2. The third kappa shape index (κ3) is 2.34. The summed E-state index contributed by atoms with van der Waals surface area (Å²) in [6, 6.07) is 7.63. The lowest BCUT2D eigenvalue weighted by Gasteiger charge is -2.15. The lowest BCUT2D eigenvalue weighted by Crippen LogP contribution is -2.25. The van der Waals surface area contributed by atoms with Gasteiger partial charge in [-0.1, -0.05) is 0 Å². The maximum atomic E-state index is 12.4. The van der Waals surface area contributed by atoms with E-state index in [4.69, 9.17) is 5.73 Å². The van der Waals surface area contributed by atoms with Crippen LogP contribution >= 0.6 is 11.8 Å². The lowest BCUT2D eigenvalue weighted by molar-refractivity contribution is 0.0750. The molecule has 6 heteroatoms. The van der Waals surface area contributed by atoms with E-state index in [-0.39, 0.29) is 11.9 Å². The normalized spacial score (nSPS) is 13.3. The van der Waals surface area contributed by atoms with E-state index in [1.54, 1.807) is 22.9 Å². The molecule has 1 aromatic carbocycles. The van der Waals surface area contributed by atoms with Crippen LogP contribution in [0.4, 0.5) is 5.95 Å². The highest BCUT2D eigenvalue weighted by atomic mass is 32.2. The molecule has 5 nitrogen and oxygen atoms in total. The van der Waals surface area contributed by atoms with Crippen molar-refractivity contribution in [2.24, 2.45) is 0 Å². The molecule has 20 heavy (non-hydrogen) atoms. The van der Waals surface area contributed by atoms with E-state index >= 15 is 0 Å². The van der Waals surface area contributed by atoms with Crippen molar-refractivity contribution in [1.82, 2.24) is 14.9 Å². The third-order valence-corrected chi connectivity index (χ3v) is 4.04. The molecule has 2 aromatic rings. The van der Waals surface area contributed by atoms with Gasteiger partial charge in [-0.15, -0.1) is 11.8 Å². The Balaban J connectivity index is 1.79. The molecule has 1 aliphatic heterocycles. The maximum Gasteiger partial charge on any atom is 0.254 e. The highest BCUT2D eigenvalue weighted by Crippen LogP contribution is 2.23. The van der Waals surface area contributed by atoms with E-state index in [1.165, 1.54) is 0 Å². The smallest absolute Gasteiger partial charge is 0.254 e. The van der Waals surface area contributed by atoms with Gasteiger partial charge in [0.1, 0.15) is 0 Å². The molecule has 0 saturated carbocycles. The monoisotopic (exact) mass is 286 g/mol. The van der Waals surface area contributed by atoms with E-state index in [0.29, 0.717) is 18.7 Å². The van der Waals surface area contributed by atoms with Crippen molar-refractivity contribution in [3.05, 3.63) is 47.3 Å². The molecule has 1 amide bonds. The second kappa shape index (κ2) is 5.13. The Kier molecular flexibility index (Phi) is 3.31. The predicted molar refractivity (Wildman–Crippen MR) is 78.2 cm³/mol. The first kappa shape index (κ1) is 12.9. The van der Waals surface area contributed by atoms with Gasteiger partial charge in [-0.3, -0.25) is 4.79 Å². The van der Waals surface area contributed by atoms with E-state index in [9.17, 15) is 4.79 Å². The number of rotatable bonds is 2. The van der Waals surface area contributed by atoms with Gasteiger partial charge < -0.3 is 10.6 Å². The van der Waals surface area contributed by atoms with Gasteiger partial charge in [0.05, 0.1) is 12.2 Å². The quantitative estimate of drug-likeness (QED) is 0.854. The van der Waals surface area contributed by atoms with Gasteiger partial charge in [0.15, 0.2) is 0 Å². The molecule has 0 spiro atoms. The maximum absolute atomic E-state index is 12.4. The Morgan fingerprint density at radius 1 is 1.30 bits per heavy atom. The highest BCUT2D eigenvalue weighted by molar-refractivity contribution is 7.98. The van der Waals surface area contributed by atoms with Gasteiger partial charge in [0.25, 0.3) is 5.91 Å².